The first-order chi connectivity index (χ1) is 8.70. The molecule has 1 fully saturated rings. The number of carbonyl (C=O) groups excluding carboxylic acids is 1. The van der Waals surface area contributed by atoms with Gasteiger partial charge in [-0.3, -0.25) is 9.69 Å². The summed E-state index contributed by atoms with van der Waals surface area (Å²) >= 11 is 0. The zero-order chi connectivity index (χ0) is 12.5. The number of likely N-dealkylation sites (tertiary alicyclic amines) is 1. The Morgan fingerprint density at radius 1 is 1.44 bits per heavy atom. The number of nitrogens with zero attached hydrogens (tertiary/aromatic N) is 1. The fourth-order valence-electron chi connectivity index (χ4n) is 2.90. The van der Waals surface area contributed by atoms with Crippen LogP contribution in [0.15, 0.2) is 18.2 Å². The minimum absolute atomic E-state index is 0.215. The second-order valence-corrected chi connectivity index (χ2v) is 5.43. The summed E-state index contributed by atoms with van der Waals surface area (Å²) in [5, 5.41) is 0. The lowest BCUT2D eigenvalue weighted by Crippen LogP contribution is -2.41. The molecule has 18 heavy (non-hydrogen) atoms. The highest BCUT2D eigenvalue weighted by Crippen LogP contribution is 2.30. The average molecular weight is 245 g/mol. The lowest BCUT2D eigenvalue weighted by molar-refractivity contribution is -0.122. The van der Waals surface area contributed by atoms with Crippen molar-refractivity contribution in [3.05, 3.63) is 29.3 Å². The SMILES string of the molecule is Cc1ccc2c(c1)CC(CN1CCCC(=O)C1)O2. The van der Waals surface area contributed by atoms with Gasteiger partial charge < -0.3 is 4.74 Å². The van der Waals surface area contributed by atoms with E-state index in [2.05, 4.69) is 30.0 Å². The van der Waals surface area contributed by atoms with Crippen LogP contribution in [0.3, 0.4) is 0 Å². The molecule has 1 unspecified atom stereocenters. The zero-order valence-corrected chi connectivity index (χ0v) is 10.8. The fraction of sp³-hybridized carbons (Fsp3) is 0.533. The van der Waals surface area contributed by atoms with Crippen LogP contribution in [0.25, 0.3) is 0 Å². The Morgan fingerprint density at radius 3 is 3.17 bits per heavy atom. The van der Waals surface area contributed by atoms with Gasteiger partial charge >= 0.3 is 0 Å². The third kappa shape index (κ3) is 2.41. The molecule has 2 aliphatic heterocycles. The van der Waals surface area contributed by atoms with E-state index in [4.69, 9.17) is 4.74 Å². The van der Waals surface area contributed by atoms with E-state index in [1.807, 2.05) is 0 Å². The van der Waals surface area contributed by atoms with Crippen molar-refractivity contribution < 1.29 is 9.53 Å². The Morgan fingerprint density at radius 2 is 2.33 bits per heavy atom. The van der Waals surface area contributed by atoms with Gasteiger partial charge in [0.25, 0.3) is 0 Å². The molecular formula is C15H19NO2. The number of ketones is 1. The van der Waals surface area contributed by atoms with Gasteiger partial charge in [-0.15, -0.1) is 0 Å². The van der Waals surface area contributed by atoms with Crippen LogP contribution in [0.1, 0.15) is 24.0 Å². The van der Waals surface area contributed by atoms with Crippen LogP contribution in [-0.2, 0) is 11.2 Å². The number of piperidine rings is 1. The van der Waals surface area contributed by atoms with Crippen LogP contribution in [-0.4, -0.2) is 36.4 Å². The molecule has 0 aromatic heterocycles. The monoisotopic (exact) mass is 245 g/mol. The number of rotatable bonds is 2. The van der Waals surface area contributed by atoms with Gasteiger partial charge in [0.05, 0.1) is 6.54 Å². The average Bonchev–Trinajstić information content (AvgIpc) is 2.70. The molecule has 0 aliphatic carbocycles. The van der Waals surface area contributed by atoms with E-state index in [0.29, 0.717) is 12.3 Å². The number of hydrogen-bond donors (Lipinski definition) is 0. The second-order valence-electron chi connectivity index (χ2n) is 5.43. The predicted octanol–water partition coefficient (Wildman–Crippen LogP) is 1.96. The Balaban J connectivity index is 1.62. The van der Waals surface area contributed by atoms with Gasteiger partial charge in [0.15, 0.2) is 0 Å². The molecule has 3 nitrogen and oxygen atoms in total. The first-order valence-electron chi connectivity index (χ1n) is 6.71. The lowest BCUT2D eigenvalue weighted by Gasteiger charge is -2.27. The van der Waals surface area contributed by atoms with Crippen molar-refractivity contribution in [2.24, 2.45) is 0 Å². The number of fused-ring (bicyclic) bond motifs is 1. The summed E-state index contributed by atoms with van der Waals surface area (Å²) in [6.45, 7) is 4.62. The number of aryl methyl sites for hydroxylation is 1. The van der Waals surface area contributed by atoms with E-state index in [-0.39, 0.29) is 6.10 Å². The molecule has 2 heterocycles. The Bertz CT molecular complexity index is 470. The van der Waals surface area contributed by atoms with Gasteiger partial charge in [-0.05, 0) is 31.5 Å². The van der Waals surface area contributed by atoms with Crippen molar-refractivity contribution in [3.8, 4) is 5.75 Å². The van der Waals surface area contributed by atoms with Gasteiger partial charge in [0.1, 0.15) is 17.6 Å². The highest BCUT2D eigenvalue weighted by atomic mass is 16.5. The summed E-state index contributed by atoms with van der Waals surface area (Å²) in [4.78, 5) is 13.7. The van der Waals surface area contributed by atoms with Crippen molar-refractivity contribution in [2.45, 2.75) is 32.3 Å². The van der Waals surface area contributed by atoms with Crippen molar-refractivity contribution in [1.82, 2.24) is 4.90 Å². The normalized spacial score (nSPS) is 23.8. The number of hydrogen-bond acceptors (Lipinski definition) is 3. The predicted molar refractivity (Wildman–Crippen MR) is 70.0 cm³/mol. The number of benzene rings is 1. The smallest absolute Gasteiger partial charge is 0.146 e. The summed E-state index contributed by atoms with van der Waals surface area (Å²) in [7, 11) is 0. The highest BCUT2D eigenvalue weighted by Gasteiger charge is 2.26. The molecule has 0 saturated carbocycles. The molecule has 1 saturated heterocycles. The molecule has 1 atom stereocenters. The van der Waals surface area contributed by atoms with Crippen molar-refractivity contribution in [3.63, 3.8) is 0 Å². The summed E-state index contributed by atoms with van der Waals surface area (Å²) in [5.41, 5.74) is 2.59. The largest absolute Gasteiger partial charge is 0.488 e. The minimum atomic E-state index is 0.215. The summed E-state index contributed by atoms with van der Waals surface area (Å²) in [5.74, 6) is 1.39. The molecule has 96 valence electrons. The third-order valence-corrected chi connectivity index (χ3v) is 3.75. The van der Waals surface area contributed by atoms with Gasteiger partial charge in [0.2, 0.25) is 0 Å². The highest BCUT2D eigenvalue weighted by molar-refractivity contribution is 5.81. The van der Waals surface area contributed by atoms with Gasteiger partial charge in [0, 0.05) is 19.4 Å². The fourth-order valence-corrected chi connectivity index (χ4v) is 2.90. The molecule has 2 aliphatic rings. The van der Waals surface area contributed by atoms with Crippen molar-refractivity contribution in [1.29, 1.82) is 0 Å². The quantitative estimate of drug-likeness (QED) is 0.797. The molecular weight excluding hydrogens is 226 g/mol. The van der Waals surface area contributed by atoms with Crippen LogP contribution >= 0.6 is 0 Å². The Hall–Kier alpha value is -1.35. The van der Waals surface area contributed by atoms with Crippen LogP contribution < -0.4 is 4.74 Å². The molecule has 0 spiro atoms. The molecule has 0 N–H and O–H groups in total. The Kier molecular flexibility index (Phi) is 3.08. The summed E-state index contributed by atoms with van der Waals surface area (Å²) < 4.78 is 5.95. The number of ether oxygens (including phenoxy) is 1. The maximum Gasteiger partial charge on any atom is 0.146 e. The maximum absolute atomic E-state index is 11.4. The van der Waals surface area contributed by atoms with E-state index in [1.165, 1.54) is 11.1 Å². The van der Waals surface area contributed by atoms with E-state index >= 15 is 0 Å². The van der Waals surface area contributed by atoms with Crippen LogP contribution in [0.5, 0.6) is 5.75 Å². The molecule has 1 aromatic rings. The molecule has 0 amide bonds. The van der Waals surface area contributed by atoms with Gasteiger partial charge in [-0.25, -0.2) is 0 Å². The van der Waals surface area contributed by atoms with Crippen molar-refractivity contribution in [2.75, 3.05) is 19.6 Å². The summed E-state index contributed by atoms with van der Waals surface area (Å²) in [6, 6.07) is 6.36. The van der Waals surface area contributed by atoms with Crippen molar-refractivity contribution >= 4 is 5.78 Å². The second kappa shape index (κ2) is 4.73. The maximum atomic E-state index is 11.4. The number of carbonyl (C=O) groups is 1. The minimum Gasteiger partial charge on any atom is -0.488 e. The van der Waals surface area contributed by atoms with E-state index in [0.717, 1.165) is 38.1 Å². The van der Waals surface area contributed by atoms with Crippen LogP contribution in [0.4, 0.5) is 0 Å². The molecule has 1 aromatic carbocycles. The zero-order valence-electron chi connectivity index (χ0n) is 10.8. The standard InChI is InChI=1S/C15H19NO2/c1-11-4-5-15-12(7-11)8-14(18-15)10-16-6-2-3-13(17)9-16/h4-5,7,14H,2-3,6,8-10H2,1H3. The van der Waals surface area contributed by atoms with E-state index < -0.39 is 0 Å². The van der Waals surface area contributed by atoms with E-state index in [1.54, 1.807) is 0 Å². The lowest BCUT2D eigenvalue weighted by atomic mass is 10.1. The third-order valence-electron chi connectivity index (χ3n) is 3.75. The van der Waals surface area contributed by atoms with E-state index in [9.17, 15) is 4.79 Å². The molecule has 0 radical (unpaired) electrons. The Labute approximate surface area is 108 Å². The molecule has 0 bridgehead atoms. The first kappa shape index (κ1) is 11.7. The first-order valence-corrected chi connectivity index (χ1v) is 6.71. The van der Waals surface area contributed by atoms with Crippen LogP contribution in [0.2, 0.25) is 0 Å². The summed E-state index contributed by atoms with van der Waals surface area (Å²) in [6.07, 6.45) is 2.94. The number of Topliss-reactive ketones (excluding diaryl/α,β-unsaturated/α-hetero) is 1. The van der Waals surface area contributed by atoms with Gasteiger partial charge in [-0.1, -0.05) is 17.7 Å². The molecule has 3 heteroatoms. The van der Waals surface area contributed by atoms with Gasteiger partial charge in [-0.2, -0.15) is 0 Å². The topological polar surface area (TPSA) is 29.5 Å². The van der Waals surface area contributed by atoms with Crippen LogP contribution in [0, 0.1) is 6.92 Å². The molecule has 3 rings (SSSR count).